The first-order valence-electron chi connectivity index (χ1n) is 14.8. The number of rotatable bonds is 2. The lowest BCUT2D eigenvalue weighted by Crippen LogP contribution is -2.52. The molecular weight excluding hydrogens is 452 g/mol. The number of ether oxygens (including phenoxy) is 3. The van der Waals surface area contributed by atoms with Crippen LogP contribution in [-0.4, -0.2) is 41.3 Å². The van der Waals surface area contributed by atoms with Crippen LogP contribution < -0.4 is 0 Å². The van der Waals surface area contributed by atoms with E-state index < -0.39 is 11.6 Å². The van der Waals surface area contributed by atoms with Gasteiger partial charge in [0.1, 0.15) is 6.10 Å². The molecule has 0 radical (unpaired) electrons. The predicted molar refractivity (Wildman–Crippen MR) is 138 cm³/mol. The summed E-state index contributed by atoms with van der Waals surface area (Å²) >= 11 is 0. The van der Waals surface area contributed by atoms with Crippen LogP contribution in [0.4, 0.5) is 0 Å². The number of hydrogen-bond acceptors (Lipinski definition) is 5. The molecule has 5 heteroatoms. The number of carbonyl (C=O) groups excluding carboxylic acids is 1. The first-order chi connectivity index (χ1) is 16.9. The second-order valence-corrected chi connectivity index (χ2v) is 14.6. The molecule has 2 saturated heterocycles. The molecule has 0 aromatic rings. The zero-order chi connectivity index (χ0) is 25.7. The molecule has 1 N–H and O–H groups in total. The van der Waals surface area contributed by atoms with Crippen molar-refractivity contribution in [3.05, 3.63) is 11.6 Å². The first-order valence-corrected chi connectivity index (χ1v) is 14.8. The van der Waals surface area contributed by atoms with Crippen LogP contribution in [0, 0.1) is 46.3 Å². The molecular formula is C31H48O5. The van der Waals surface area contributed by atoms with Crippen molar-refractivity contribution in [3.63, 3.8) is 0 Å². The van der Waals surface area contributed by atoms with E-state index in [4.69, 9.17) is 14.2 Å². The predicted octanol–water partition coefficient (Wildman–Crippen LogP) is 6.04. The molecule has 6 aliphatic rings. The highest BCUT2D eigenvalue weighted by molar-refractivity contribution is 5.78. The maximum atomic E-state index is 12.3. The minimum Gasteiger partial charge on any atom is -0.460 e. The number of allylic oxidation sites excluding steroid dienone is 1. The summed E-state index contributed by atoms with van der Waals surface area (Å²) < 4.78 is 19.1. The van der Waals surface area contributed by atoms with Crippen LogP contribution in [0.2, 0.25) is 0 Å². The average Bonchev–Trinajstić information content (AvgIpc) is 3.26. The van der Waals surface area contributed by atoms with Gasteiger partial charge in [-0.15, -0.1) is 0 Å². The Bertz CT molecular complexity index is 926. The Hall–Kier alpha value is -0.910. The van der Waals surface area contributed by atoms with E-state index in [9.17, 15) is 9.90 Å². The maximum absolute atomic E-state index is 12.3. The fourth-order valence-corrected chi connectivity index (χ4v) is 10.0. The molecule has 0 bridgehead atoms. The molecule has 36 heavy (non-hydrogen) atoms. The highest BCUT2D eigenvalue weighted by Crippen LogP contribution is 2.70. The molecule has 5 fully saturated rings. The number of fused-ring (bicyclic) bond motifs is 7. The highest BCUT2D eigenvalue weighted by atomic mass is 16.7. The Balaban J connectivity index is 1.20. The van der Waals surface area contributed by atoms with Crippen molar-refractivity contribution < 1.29 is 24.1 Å². The standard InChI is InChI=1S/C31H48O5/c1-18-9-14-31(34-17-18)19(2)26-25(36-31)16-24-22-8-7-20-15-21(35-27(32)28(3,4)33)10-12-29(20,5)23(22)11-13-30(24,26)6/h7,18-19,21-26,33H,8-17H2,1-6H3/t18-,19+,21+,22-,23+,24+,25+,26+,29+,30+,31-/m1/s1. The Morgan fingerprint density at radius 1 is 1.11 bits per heavy atom. The van der Waals surface area contributed by atoms with Gasteiger partial charge in [-0.1, -0.05) is 39.3 Å². The van der Waals surface area contributed by atoms with Gasteiger partial charge < -0.3 is 19.3 Å². The van der Waals surface area contributed by atoms with Crippen LogP contribution in [-0.2, 0) is 19.0 Å². The Morgan fingerprint density at radius 2 is 1.89 bits per heavy atom. The van der Waals surface area contributed by atoms with Gasteiger partial charge in [0.2, 0.25) is 0 Å². The van der Waals surface area contributed by atoms with Crippen LogP contribution in [0.1, 0.15) is 99.3 Å². The molecule has 202 valence electrons. The highest BCUT2D eigenvalue weighted by Gasteiger charge is 2.68. The summed E-state index contributed by atoms with van der Waals surface area (Å²) in [5.41, 5.74) is 0.608. The zero-order valence-electron chi connectivity index (χ0n) is 23.3. The van der Waals surface area contributed by atoms with E-state index in [0.29, 0.717) is 41.1 Å². The lowest BCUT2D eigenvalue weighted by Gasteiger charge is -2.58. The first kappa shape index (κ1) is 25.4. The van der Waals surface area contributed by atoms with Gasteiger partial charge in [0, 0.05) is 18.8 Å². The van der Waals surface area contributed by atoms with E-state index in [1.54, 1.807) is 0 Å². The van der Waals surface area contributed by atoms with Crippen molar-refractivity contribution in [2.45, 2.75) is 123 Å². The Morgan fingerprint density at radius 3 is 2.58 bits per heavy atom. The molecule has 0 amide bonds. The van der Waals surface area contributed by atoms with Gasteiger partial charge in [-0.2, -0.15) is 0 Å². The lowest BCUT2D eigenvalue weighted by atomic mass is 9.47. The fraction of sp³-hybridized carbons (Fsp3) is 0.903. The van der Waals surface area contributed by atoms with Crippen molar-refractivity contribution in [2.24, 2.45) is 46.3 Å². The summed E-state index contributed by atoms with van der Waals surface area (Å²) in [7, 11) is 0. The van der Waals surface area contributed by atoms with E-state index in [0.717, 1.165) is 44.6 Å². The minimum absolute atomic E-state index is 0.108. The molecule has 11 atom stereocenters. The summed E-state index contributed by atoms with van der Waals surface area (Å²) in [6.45, 7) is 13.7. The quantitative estimate of drug-likeness (QED) is 0.370. The SMILES string of the molecule is C[C@@H]1CC[C@@]2(OC1)O[C@H]1C[C@H]3[C@@H]4CC=C5C[C@@H](OC(=O)C(C)(C)O)CC[C@]5(C)[C@H]4CC[C@]3(C)[C@H]1[C@@H]2C. The second-order valence-electron chi connectivity index (χ2n) is 14.6. The molecule has 0 aromatic carbocycles. The van der Waals surface area contributed by atoms with Gasteiger partial charge in [-0.25, -0.2) is 4.79 Å². The van der Waals surface area contributed by atoms with Crippen molar-refractivity contribution in [3.8, 4) is 0 Å². The Labute approximate surface area is 217 Å². The summed E-state index contributed by atoms with van der Waals surface area (Å²) in [6.07, 6.45) is 12.7. The summed E-state index contributed by atoms with van der Waals surface area (Å²) in [4.78, 5) is 12.3. The van der Waals surface area contributed by atoms with Crippen LogP contribution in [0.15, 0.2) is 11.6 Å². The van der Waals surface area contributed by atoms with Gasteiger partial charge in [0.05, 0.1) is 12.7 Å². The van der Waals surface area contributed by atoms with E-state index in [1.165, 1.54) is 45.1 Å². The smallest absolute Gasteiger partial charge is 0.337 e. The lowest BCUT2D eigenvalue weighted by molar-refractivity contribution is -0.272. The van der Waals surface area contributed by atoms with Gasteiger partial charge in [-0.3, -0.25) is 0 Å². The number of hydrogen-bond donors (Lipinski definition) is 1. The summed E-state index contributed by atoms with van der Waals surface area (Å²) in [6, 6.07) is 0. The molecule has 2 aliphatic heterocycles. The van der Waals surface area contributed by atoms with Crippen LogP contribution in [0.25, 0.3) is 0 Å². The monoisotopic (exact) mass is 500 g/mol. The normalized spacial score (nSPS) is 52.1. The van der Waals surface area contributed by atoms with Crippen LogP contribution in [0.5, 0.6) is 0 Å². The van der Waals surface area contributed by atoms with Crippen LogP contribution >= 0.6 is 0 Å². The fourth-order valence-electron chi connectivity index (χ4n) is 10.0. The van der Waals surface area contributed by atoms with Crippen molar-refractivity contribution in [1.82, 2.24) is 0 Å². The Kier molecular flexibility index (Phi) is 5.84. The summed E-state index contributed by atoms with van der Waals surface area (Å²) in [5, 5.41) is 10.0. The third-order valence-electron chi connectivity index (χ3n) is 12.1. The maximum Gasteiger partial charge on any atom is 0.337 e. The zero-order valence-corrected chi connectivity index (χ0v) is 23.3. The molecule has 3 saturated carbocycles. The van der Waals surface area contributed by atoms with Gasteiger partial charge in [0.25, 0.3) is 0 Å². The van der Waals surface area contributed by atoms with Crippen LogP contribution in [0.3, 0.4) is 0 Å². The van der Waals surface area contributed by atoms with Gasteiger partial charge in [0.15, 0.2) is 11.4 Å². The second kappa shape index (κ2) is 8.29. The number of esters is 1. The van der Waals surface area contributed by atoms with Gasteiger partial charge >= 0.3 is 5.97 Å². The topological polar surface area (TPSA) is 65.0 Å². The van der Waals surface area contributed by atoms with Crippen molar-refractivity contribution in [2.75, 3.05) is 6.61 Å². The van der Waals surface area contributed by atoms with Gasteiger partial charge in [-0.05, 0) is 99.2 Å². The molecule has 6 rings (SSSR count). The minimum atomic E-state index is -1.43. The van der Waals surface area contributed by atoms with E-state index in [1.807, 2.05) is 0 Å². The summed E-state index contributed by atoms with van der Waals surface area (Å²) in [5.74, 6) is 3.02. The van der Waals surface area contributed by atoms with Crippen molar-refractivity contribution in [1.29, 1.82) is 0 Å². The number of carbonyl (C=O) groups is 1. The number of aliphatic hydroxyl groups is 1. The largest absolute Gasteiger partial charge is 0.460 e. The third-order valence-corrected chi connectivity index (χ3v) is 12.1. The molecule has 5 nitrogen and oxygen atoms in total. The molecule has 2 heterocycles. The molecule has 1 spiro atoms. The molecule has 0 unspecified atom stereocenters. The van der Waals surface area contributed by atoms with Crippen molar-refractivity contribution >= 4 is 5.97 Å². The molecule has 0 aromatic heterocycles. The third kappa shape index (κ3) is 3.61. The van der Waals surface area contributed by atoms with E-state index in [-0.39, 0.29) is 17.3 Å². The van der Waals surface area contributed by atoms with E-state index in [2.05, 4.69) is 33.8 Å². The molecule has 4 aliphatic carbocycles. The average molecular weight is 501 g/mol. The van der Waals surface area contributed by atoms with E-state index >= 15 is 0 Å².